The monoisotopic (exact) mass is 321 g/mol. The van der Waals surface area contributed by atoms with Gasteiger partial charge in [-0.15, -0.1) is 0 Å². The minimum absolute atomic E-state index is 0.357. The van der Waals surface area contributed by atoms with Crippen LogP contribution in [0.2, 0.25) is 0 Å². The SMILES string of the molecule is CCc1cc2nc3ccccc3c(NC3CCNCC3)c2cc1O. The Morgan fingerprint density at radius 3 is 2.71 bits per heavy atom. The Morgan fingerprint density at radius 1 is 1.12 bits per heavy atom. The van der Waals surface area contributed by atoms with Gasteiger partial charge in [0.1, 0.15) is 5.75 Å². The Morgan fingerprint density at radius 2 is 1.92 bits per heavy atom. The smallest absolute Gasteiger partial charge is 0.119 e. The second-order valence-electron chi connectivity index (χ2n) is 6.52. The maximum atomic E-state index is 10.3. The average molecular weight is 321 g/mol. The number of fused-ring (bicyclic) bond motifs is 2. The summed E-state index contributed by atoms with van der Waals surface area (Å²) in [6.45, 7) is 4.14. The van der Waals surface area contributed by atoms with Gasteiger partial charge in [0.05, 0.1) is 16.7 Å². The highest BCUT2D eigenvalue weighted by Gasteiger charge is 2.17. The highest BCUT2D eigenvalue weighted by atomic mass is 16.3. The van der Waals surface area contributed by atoms with Gasteiger partial charge < -0.3 is 15.7 Å². The molecule has 4 rings (SSSR count). The zero-order valence-corrected chi connectivity index (χ0v) is 14.0. The van der Waals surface area contributed by atoms with Crippen molar-refractivity contribution in [2.45, 2.75) is 32.2 Å². The fourth-order valence-corrected chi connectivity index (χ4v) is 3.58. The van der Waals surface area contributed by atoms with Crippen LogP contribution in [0.15, 0.2) is 36.4 Å². The minimum Gasteiger partial charge on any atom is -0.508 e. The summed E-state index contributed by atoms with van der Waals surface area (Å²) in [5, 5.41) is 19.6. The number of aromatic nitrogens is 1. The van der Waals surface area contributed by atoms with Gasteiger partial charge in [0.2, 0.25) is 0 Å². The number of pyridine rings is 1. The highest BCUT2D eigenvalue weighted by molar-refractivity contribution is 6.08. The molecule has 1 aliphatic rings. The molecule has 2 heterocycles. The Bertz CT molecular complexity index is 885. The van der Waals surface area contributed by atoms with E-state index >= 15 is 0 Å². The van der Waals surface area contributed by atoms with Gasteiger partial charge >= 0.3 is 0 Å². The third-order valence-electron chi connectivity index (χ3n) is 4.95. The van der Waals surface area contributed by atoms with E-state index in [1.807, 2.05) is 24.3 Å². The Labute approximate surface area is 141 Å². The molecular weight excluding hydrogens is 298 g/mol. The summed E-state index contributed by atoms with van der Waals surface area (Å²) in [6, 6.07) is 12.6. The van der Waals surface area contributed by atoms with E-state index in [0.717, 1.165) is 65.4 Å². The van der Waals surface area contributed by atoms with Gasteiger partial charge in [-0.2, -0.15) is 0 Å². The molecule has 3 aromatic rings. The number of phenols is 1. The minimum atomic E-state index is 0.357. The number of nitrogens with one attached hydrogen (secondary N) is 2. The van der Waals surface area contributed by atoms with E-state index in [-0.39, 0.29) is 0 Å². The van der Waals surface area contributed by atoms with Crippen LogP contribution in [0.3, 0.4) is 0 Å². The lowest BCUT2D eigenvalue weighted by Crippen LogP contribution is -2.35. The number of phenolic OH excluding ortho intramolecular Hbond substituents is 1. The zero-order valence-electron chi connectivity index (χ0n) is 14.0. The standard InChI is InChI=1S/C20H23N3O/c1-2-13-11-18-16(12-19(13)24)20(22-14-7-9-21-10-8-14)15-5-3-4-6-17(15)23-18/h3-6,11-12,14,21,24H,2,7-10H2,1H3,(H,22,23). The lowest BCUT2D eigenvalue weighted by atomic mass is 10.0. The van der Waals surface area contributed by atoms with Crippen molar-refractivity contribution in [2.75, 3.05) is 18.4 Å². The molecule has 1 fully saturated rings. The molecule has 124 valence electrons. The lowest BCUT2D eigenvalue weighted by Gasteiger charge is -2.26. The van der Waals surface area contributed by atoms with Crippen molar-refractivity contribution in [3.8, 4) is 5.75 Å². The Balaban J connectivity index is 1.92. The molecule has 0 unspecified atom stereocenters. The molecule has 1 aromatic heterocycles. The summed E-state index contributed by atoms with van der Waals surface area (Å²) < 4.78 is 0. The maximum Gasteiger partial charge on any atom is 0.119 e. The molecule has 4 nitrogen and oxygen atoms in total. The molecule has 0 aliphatic carbocycles. The van der Waals surface area contributed by atoms with E-state index in [2.05, 4.69) is 29.7 Å². The van der Waals surface area contributed by atoms with E-state index in [9.17, 15) is 5.11 Å². The van der Waals surface area contributed by atoms with Crippen molar-refractivity contribution in [1.29, 1.82) is 0 Å². The van der Waals surface area contributed by atoms with Gasteiger partial charge in [0.15, 0.2) is 0 Å². The third-order valence-corrected chi connectivity index (χ3v) is 4.95. The van der Waals surface area contributed by atoms with Crippen LogP contribution >= 0.6 is 0 Å². The van der Waals surface area contributed by atoms with Crippen molar-refractivity contribution in [3.63, 3.8) is 0 Å². The molecule has 4 heteroatoms. The molecule has 24 heavy (non-hydrogen) atoms. The summed E-state index contributed by atoms with van der Waals surface area (Å²) in [5.41, 5.74) is 3.98. The van der Waals surface area contributed by atoms with Crippen LogP contribution in [0.25, 0.3) is 21.8 Å². The first kappa shape index (κ1) is 15.2. The average Bonchev–Trinajstić information content (AvgIpc) is 2.62. The molecule has 3 N–H and O–H groups in total. The van der Waals surface area contributed by atoms with Crippen LogP contribution in [-0.4, -0.2) is 29.2 Å². The summed E-state index contributed by atoms with van der Waals surface area (Å²) in [4.78, 5) is 4.82. The number of hydrogen-bond acceptors (Lipinski definition) is 4. The van der Waals surface area contributed by atoms with Crippen LogP contribution in [0.4, 0.5) is 5.69 Å². The second kappa shape index (κ2) is 6.29. The number of hydrogen-bond donors (Lipinski definition) is 3. The van der Waals surface area contributed by atoms with Crippen LogP contribution in [0, 0.1) is 0 Å². The molecule has 1 saturated heterocycles. The molecule has 0 saturated carbocycles. The number of piperidine rings is 1. The number of aromatic hydroxyl groups is 1. The van der Waals surface area contributed by atoms with Gasteiger partial charge in [-0.1, -0.05) is 25.1 Å². The molecular formula is C20H23N3O. The first-order valence-electron chi connectivity index (χ1n) is 8.78. The van der Waals surface area contributed by atoms with E-state index < -0.39 is 0 Å². The van der Waals surface area contributed by atoms with Gasteiger partial charge in [-0.3, -0.25) is 0 Å². The number of para-hydroxylation sites is 1. The number of rotatable bonds is 3. The molecule has 1 aliphatic heterocycles. The van der Waals surface area contributed by atoms with E-state index in [1.165, 1.54) is 0 Å². The Hall–Kier alpha value is -2.33. The van der Waals surface area contributed by atoms with Crippen molar-refractivity contribution in [2.24, 2.45) is 0 Å². The fourth-order valence-electron chi connectivity index (χ4n) is 3.58. The van der Waals surface area contributed by atoms with Crippen molar-refractivity contribution in [3.05, 3.63) is 42.0 Å². The van der Waals surface area contributed by atoms with Crippen molar-refractivity contribution >= 4 is 27.5 Å². The largest absolute Gasteiger partial charge is 0.508 e. The normalized spacial score (nSPS) is 15.9. The molecule has 0 radical (unpaired) electrons. The number of anilines is 1. The van der Waals surface area contributed by atoms with Crippen LogP contribution in [0.5, 0.6) is 5.75 Å². The molecule has 0 spiro atoms. The predicted octanol–water partition coefficient (Wildman–Crippen LogP) is 3.82. The topological polar surface area (TPSA) is 57.2 Å². The first-order valence-corrected chi connectivity index (χ1v) is 8.78. The molecule has 2 aromatic carbocycles. The number of nitrogens with zero attached hydrogens (tertiary/aromatic N) is 1. The van der Waals surface area contributed by atoms with Crippen molar-refractivity contribution in [1.82, 2.24) is 10.3 Å². The quantitative estimate of drug-likeness (QED) is 0.642. The first-order chi connectivity index (χ1) is 11.8. The summed E-state index contributed by atoms with van der Waals surface area (Å²) in [5.74, 6) is 0.357. The van der Waals surface area contributed by atoms with Gasteiger partial charge in [-0.25, -0.2) is 4.98 Å². The summed E-state index contributed by atoms with van der Waals surface area (Å²) in [7, 11) is 0. The van der Waals surface area contributed by atoms with E-state index in [1.54, 1.807) is 0 Å². The summed E-state index contributed by atoms with van der Waals surface area (Å²) >= 11 is 0. The van der Waals surface area contributed by atoms with Crippen LogP contribution in [0.1, 0.15) is 25.3 Å². The van der Waals surface area contributed by atoms with Gasteiger partial charge in [0.25, 0.3) is 0 Å². The van der Waals surface area contributed by atoms with Gasteiger partial charge in [0, 0.05) is 16.8 Å². The summed E-state index contributed by atoms with van der Waals surface area (Å²) in [6.07, 6.45) is 3.02. The highest BCUT2D eigenvalue weighted by Crippen LogP contribution is 2.35. The lowest BCUT2D eigenvalue weighted by molar-refractivity contribution is 0.469. The molecule has 0 amide bonds. The van der Waals surface area contributed by atoms with E-state index in [4.69, 9.17) is 4.98 Å². The molecule has 0 bridgehead atoms. The second-order valence-corrected chi connectivity index (χ2v) is 6.52. The fraction of sp³-hybridized carbons (Fsp3) is 0.350. The number of aryl methyl sites for hydroxylation is 1. The molecule has 0 atom stereocenters. The van der Waals surface area contributed by atoms with Crippen molar-refractivity contribution < 1.29 is 5.11 Å². The third kappa shape index (κ3) is 2.67. The van der Waals surface area contributed by atoms with Gasteiger partial charge in [-0.05, 0) is 56.1 Å². The number of benzene rings is 2. The predicted molar refractivity (Wildman–Crippen MR) is 99.8 cm³/mol. The van der Waals surface area contributed by atoms with E-state index in [0.29, 0.717) is 11.8 Å². The van der Waals surface area contributed by atoms with Crippen LogP contribution < -0.4 is 10.6 Å². The zero-order chi connectivity index (χ0) is 16.5. The van der Waals surface area contributed by atoms with Crippen LogP contribution in [-0.2, 0) is 6.42 Å². The Kier molecular flexibility index (Phi) is 3.98. The maximum absolute atomic E-state index is 10.3.